The number of likely N-dealkylation sites (tertiary alicyclic amines) is 1. The predicted molar refractivity (Wildman–Crippen MR) is 102 cm³/mol. The van der Waals surface area contributed by atoms with Crippen molar-refractivity contribution < 1.29 is 19.4 Å². The highest BCUT2D eigenvalue weighted by atomic mass is 19.1. The number of aliphatic carboxylic acids is 1. The maximum atomic E-state index is 13.4. The first kappa shape index (κ1) is 19.4. The fourth-order valence-electron chi connectivity index (χ4n) is 3.72. The van der Waals surface area contributed by atoms with E-state index in [1.165, 1.54) is 18.2 Å². The van der Waals surface area contributed by atoms with Gasteiger partial charge in [-0.15, -0.1) is 0 Å². The van der Waals surface area contributed by atoms with E-state index in [0.29, 0.717) is 11.5 Å². The molecule has 1 fully saturated rings. The molecule has 0 radical (unpaired) electrons. The molecular formula is C22H26FNO3. The number of carbonyl (C=O) groups is 1. The van der Waals surface area contributed by atoms with Crippen LogP contribution in [-0.2, 0) is 4.79 Å². The van der Waals surface area contributed by atoms with Gasteiger partial charge in [-0.2, -0.15) is 0 Å². The van der Waals surface area contributed by atoms with Gasteiger partial charge in [0.25, 0.3) is 0 Å². The van der Waals surface area contributed by atoms with Crippen LogP contribution >= 0.6 is 0 Å². The number of hydrogen-bond donors (Lipinski definition) is 2. The molecule has 2 aromatic rings. The van der Waals surface area contributed by atoms with Crippen molar-refractivity contribution in [2.75, 3.05) is 13.1 Å². The third-order valence-electron chi connectivity index (χ3n) is 5.59. The maximum Gasteiger partial charge on any atom is 0.310 e. The Morgan fingerprint density at radius 3 is 2.26 bits per heavy atom. The van der Waals surface area contributed by atoms with Crippen molar-refractivity contribution in [3.8, 4) is 5.75 Å². The topological polar surface area (TPSA) is 60.8 Å². The molecule has 27 heavy (non-hydrogen) atoms. The lowest BCUT2D eigenvalue weighted by atomic mass is 9.90. The van der Waals surface area contributed by atoms with Gasteiger partial charge in [-0.3, -0.25) is 9.69 Å². The number of carboxylic acids is 1. The summed E-state index contributed by atoms with van der Waals surface area (Å²) in [5.41, 5.74) is 2.20. The van der Waals surface area contributed by atoms with Gasteiger partial charge in [-0.1, -0.05) is 31.2 Å². The average molecular weight is 371 g/mol. The van der Waals surface area contributed by atoms with Crippen molar-refractivity contribution in [2.24, 2.45) is 5.92 Å². The molecule has 0 spiro atoms. The Bertz CT molecular complexity index is 798. The summed E-state index contributed by atoms with van der Waals surface area (Å²) in [6.07, 6.45) is 2.15. The van der Waals surface area contributed by atoms with Gasteiger partial charge in [0, 0.05) is 5.56 Å². The molecule has 0 bridgehead atoms. The zero-order valence-corrected chi connectivity index (χ0v) is 15.7. The fraction of sp³-hybridized carbons (Fsp3) is 0.409. The van der Waals surface area contributed by atoms with E-state index in [-0.39, 0.29) is 17.6 Å². The first-order valence-electron chi connectivity index (χ1n) is 9.42. The number of halogens is 1. The molecule has 3 rings (SSSR count). The van der Waals surface area contributed by atoms with E-state index in [1.54, 1.807) is 31.2 Å². The summed E-state index contributed by atoms with van der Waals surface area (Å²) in [6, 6.07) is 11.3. The van der Waals surface area contributed by atoms with Gasteiger partial charge in [0.05, 0.1) is 12.0 Å². The summed E-state index contributed by atoms with van der Waals surface area (Å²) in [5.74, 6) is -1.16. The molecule has 1 saturated heterocycles. The molecular weight excluding hydrogens is 345 g/mol. The van der Waals surface area contributed by atoms with Crippen LogP contribution in [0, 0.1) is 11.7 Å². The van der Waals surface area contributed by atoms with Crippen LogP contribution in [0.25, 0.3) is 0 Å². The molecule has 2 N–H and O–H groups in total. The number of carboxylic acid groups (broad SMARTS) is 1. The van der Waals surface area contributed by atoms with Crippen molar-refractivity contribution in [2.45, 2.75) is 38.6 Å². The standard InChI is InChI=1S/C22H26FNO3/c1-14-9-11-24(12-10-14)21(16-3-6-18(23)7-4-16)19-8-5-17(13-20(19)25)15(2)22(26)27/h3-8,13-15,21,25H,9-12H2,1-2H3,(H,26,27). The van der Waals surface area contributed by atoms with Crippen LogP contribution < -0.4 is 0 Å². The maximum absolute atomic E-state index is 13.4. The molecule has 2 atom stereocenters. The number of rotatable bonds is 5. The number of benzene rings is 2. The summed E-state index contributed by atoms with van der Waals surface area (Å²) in [7, 11) is 0. The quantitative estimate of drug-likeness (QED) is 0.810. The smallest absolute Gasteiger partial charge is 0.310 e. The van der Waals surface area contributed by atoms with Gasteiger partial charge >= 0.3 is 5.97 Å². The normalized spacial score (nSPS) is 18.2. The predicted octanol–water partition coefficient (Wildman–Crippen LogP) is 4.54. The molecule has 0 aliphatic carbocycles. The van der Waals surface area contributed by atoms with Gasteiger partial charge < -0.3 is 10.2 Å². The number of hydrogen-bond acceptors (Lipinski definition) is 3. The number of aromatic hydroxyl groups is 1. The van der Waals surface area contributed by atoms with Crippen LogP contribution in [0.2, 0.25) is 0 Å². The molecule has 144 valence electrons. The summed E-state index contributed by atoms with van der Waals surface area (Å²) in [4.78, 5) is 13.5. The number of phenolic OH excluding ortho intramolecular Hbond substituents is 1. The Hall–Kier alpha value is -2.40. The fourth-order valence-corrected chi connectivity index (χ4v) is 3.72. The Labute approximate surface area is 159 Å². The summed E-state index contributed by atoms with van der Waals surface area (Å²) >= 11 is 0. The SMILES string of the molecule is CC1CCN(C(c2ccc(F)cc2)c2ccc(C(C)C(=O)O)cc2O)CC1. The minimum atomic E-state index is -0.928. The van der Waals surface area contributed by atoms with Crippen LogP contribution in [0.3, 0.4) is 0 Å². The zero-order chi connectivity index (χ0) is 19.6. The van der Waals surface area contributed by atoms with Gasteiger partial charge in [-0.05, 0) is 68.1 Å². The van der Waals surface area contributed by atoms with Crippen molar-refractivity contribution in [3.63, 3.8) is 0 Å². The molecule has 2 unspecified atom stereocenters. The summed E-state index contributed by atoms with van der Waals surface area (Å²) < 4.78 is 13.4. The van der Waals surface area contributed by atoms with Gasteiger partial charge in [0.2, 0.25) is 0 Å². The zero-order valence-electron chi connectivity index (χ0n) is 15.7. The second-order valence-electron chi connectivity index (χ2n) is 7.55. The van der Waals surface area contributed by atoms with E-state index in [4.69, 9.17) is 0 Å². The van der Waals surface area contributed by atoms with Crippen LogP contribution in [0.5, 0.6) is 5.75 Å². The van der Waals surface area contributed by atoms with E-state index in [9.17, 15) is 19.4 Å². The highest BCUT2D eigenvalue weighted by Crippen LogP contribution is 2.38. The molecule has 2 aromatic carbocycles. The third-order valence-corrected chi connectivity index (χ3v) is 5.59. The molecule has 4 nitrogen and oxygen atoms in total. The Kier molecular flexibility index (Phi) is 5.80. The molecule has 0 amide bonds. The minimum absolute atomic E-state index is 0.0774. The molecule has 1 aliphatic rings. The minimum Gasteiger partial charge on any atom is -0.508 e. The number of piperidine rings is 1. The van der Waals surface area contributed by atoms with Crippen molar-refractivity contribution in [3.05, 3.63) is 65.0 Å². The van der Waals surface area contributed by atoms with Crippen LogP contribution in [0.4, 0.5) is 4.39 Å². The molecule has 1 heterocycles. The first-order valence-corrected chi connectivity index (χ1v) is 9.42. The second-order valence-corrected chi connectivity index (χ2v) is 7.55. The Morgan fingerprint density at radius 1 is 1.11 bits per heavy atom. The van der Waals surface area contributed by atoms with E-state index in [2.05, 4.69) is 11.8 Å². The molecule has 0 saturated carbocycles. The number of phenols is 1. The average Bonchev–Trinajstić information content (AvgIpc) is 2.65. The molecule has 0 aromatic heterocycles. The third kappa shape index (κ3) is 4.30. The van der Waals surface area contributed by atoms with Gasteiger partial charge in [-0.25, -0.2) is 4.39 Å². The highest BCUT2D eigenvalue weighted by molar-refractivity contribution is 5.75. The monoisotopic (exact) mass is 371 g/mol. The lowest BCUT2D eigenvalue weighted by Crippen LogP contribution is -2.36. The van der Waals surface area contributed by atoms with Gasteiger partial charge in [0.15, 0.2) is 0 Å². The Balaban J connectivity index is 1.99. The van der Waals surface area contributed by atoms with E-state index in [0.717, 1.165) is 37.1 Å². The van der Waals surface area contributed by atoms with E-state index < -0.39 is 11.9 Å². The van der Waals surface area contributed by atoms with E-state index in [1.807, 2.05) is 0 Å². The molecule has 1 aliphatic heterocycles. The van der Waals surface area contributed by atoms with Crippen molar-refractivity contribution >= 4 is 5.97 Å². The van der Waals surface area contributed by atoms with Crippen molar-refractivity contribution in [1.82, 2.24) is 4.90 Å². The van der Waals surface area contributed by atoms with Gasteiger partial charge in [0.1, 0.15) is 11.6 Å². The van der Waals surface area contributed by atoms with Crippen LogP contribution in [0.15, 0.2) is 42.5 Å². The summed E-state index contributed by atoms with van der Waals surface area (Å²) in [6.45, 7) is 5.63. The molecule has 5 heteroatoms. The first-order chi connectivity index (χ1) is 12.9. The van der Waals surface area contributed by atoms with Crippen LogP contribution in [-0.4, -0.2) is 34.2 Å². The second kappa shape index (κ2) is 8.09. The van der Waals surface area contributed by atoms with Crippen molar-refractivity contribution in [1.29, 1.82) is 0 Å². The van der Waals surface area contributed by atoms with Crippen LogP contribution in [0.1, 0.15) is 55.3 Å². The largest absolute Gasteiger partial charge is 0.508 e. The lowest BCUT2D eigenvalue weighted by Gasteiger charge is -2.37. The lowest BCUT2D eigenvalue weighted by molar-refractivity contribution is -0.138. The Morgan fingerprint density at radius 2 is 1.70 bits per heavy atom. The van der Waals surface area contributed by atoms with E-state index >= 15 is 0 Å². The number of nitrogens with zero attached hydrogens (tertiary/aromatic N) is 1. The summed E-state index contributed by atoms with van der Waals surface area (Å²) in [5, 5.41) is 19.9. The highest BCUT2D eigenvalue weighted by Gasteiger charge is 2.28.